The van der Waals surface area contributed by atoms with Crippen LogP contribution in [0, 0.1) is 20.3 Å². The van der Waals surface area contributed by atoms with Crippen LogP contribution >= 0.6 is 0 Å². The molecule has 0 unspecified atom stereocenters. The van der Waals surface area contributed by atoms with Gasteiger partial charge in [-0.25, -0.2) is 0 Å². The van der Waals surface area contributed by atoms with E-state index in [0.717, 1.165) is 16.7 Å². The molecule has 3 rings (SSSR count). The Balaban J connectivity index is 0. The third-order valence-corrected chi connectivity index (χ3v) is 3.90. The number of fused-ring (bicyclic) bond motifs is 3. The van der Waals surface area contributed by atoms with Gasteiger partial charge in [-0.3, -0.25) is 4.79 Å². The third-order valence-electron chi connectivity index (χ3n) is 3.90. The normalized spacial score (nSPS) is 14.2. The van der Waals surface area contributed by atoms with E-state index in [1.54, 1.807) is 0 Å². The molecule has 1 radical (unpaired) electrons. The van der Waals surface area contributed by atoms with Gasteiger partial charge >= 0.3 is 21.1 Å². The summed E-state index contributed by atoms with van der Waals surface area (Å²) in [7, 11) is 0. The van der Waals surface area contributed by atoms with Crippen LogP contribution in [0.15, 0.2) is 48.5 Å². The minimum Gasteiger partial charge on any atom is -0.624 e. The Hall–Kier alpha value is -0.828. The molecule has 0 aliphatic carbocycles. The fourth-order valence-electron chi connectivity index (χ4n) is 2.60. The first-order valence-corrected chi connectivity index (χ1v) is 7.63. The molecule has 0 saturated carbocycles. The van der Waals surface area contributed by atoms with E-state index in [1.807, 2.05) is 69.3 Å². The van der Waals surface area contributed by atoms with Crippen LogP contribution in [0.1, 0.15) is 32.4 Å². The minimum absolute atomic E-state index is 0. The summed E-state index contributed by atoms with van der Waals surface area (Å²) in [6.45, 7) is 5.46. The Kier molecular flexibility index (Phi) is 11.8. The number of nitrogens with one attached hydrogen (secondary N) is 1. The van der Waals surface area contributed by atoms with Gasteiger partial charge in [-0.15, -0.1) is 5.69 Å². The Morgan fingerprint density at radius 3 is 2.07 bits per heavy atom. The Labute approximate surface area is 202 Å². The van der Waals surface area contributed by atoms with Crippen molar-refractivity contribution in [2.24, 2.45) is 5.41 Å². The van der Waals surface area contributed by atoms with Crippen LogP contribution in [-0.2, 0) is 63.4 Å². The Morgan fingerprint density at radius 2 is 1.48 bits per heavy atom. The molecule has 6 heteroatoms. The molecule has 1 atom stereocenters. The van der Waals surface area contributed by atoms with E-state index >= 15 is 0 Å². The van der Waals surface area contributed by atoms with E-state index in [1.165, 1.54) is 0 Å². The zero-order valence-electron chi connectivity index (χ0n) is 16.4. The number of rotatable bonds is 1. The molecule has 1 N–H and O–H groups in total. The first-order valence-electron chi connectivity index (χ1n) is 7.63. The molecular weight excluding hydrogens is 585 g/mol. The predicted molar refractivity (Wildman–Crippen MR) is 103 cm³/mol. The van der Waals surface area contributed by atoms with Crippen molar-refractivity contribution in [3.8, 4) is 11.1 Å². The van der Waals surface area contributed by atoms with Crippen LogP contribution in [0.5, 0.6) is 0 Å². The van der Waals surface area contributed by atoms with E-state index in [2.05, 4.69) is 10.6 Å². The monoisotopic (exact) mass is 610 g/mol. The van der Waals surface area contributed by atoms with E-state index in [4.69, 9.17) is 0 Å². The largest absolute Gasteiger partial charge is 2.00 e. The second kappa shape index (κ2) is 11.2. The summed E-state index contributed by atoms with van der Waals surface area (Å²) in [5, 5.41) is 7.07. The van der Waals surface area contributed by atoms with Crippen molar-refractivity contribution >= 4 is 17.5 Å². The molecule has 1 aliphatic rings. The number of carbonyl (C=O) groups is 2. The molecule has 2 aromatic rings. The van der Waals surface area contributed by atoms with E-state index in [0.29, 0.717) is 5.69 Å². The molecule has 27 heavy (non-hydrogen) atoms. The molecule has 141 valence electrons. The molecule has 0 spiro atoms. The fraction of sp³-hybridized carbons (Fsp3) is 0.238. The molecule has 1 aliphatic heterocycles. The van der Waals surface area contributed by atoms with Crippen molar-refractivity contribution in [1.82, 2.24) is 5.32 Å². The van der Waals surface area contributed by atoms with Crippen molar-refractivity contribution in [1.29, 1.82) is 0 Å². The van der Waals surface area contributed by atoms with Crippen LogP contribution in [-0.4, -0.2) is 11.8 Å². The van der Waals surface area contributed by atoms with Gasteiger partial charge in [0.25, 0.3) is 0 Å². The number of carbonyl (C=O) groups excluding carboxylic acids is 2. The number of nitrogens with zero attached hydrogens (tertiary/aromatic N) is 1. The standard InChI is InChI=1S/C19H20N2O2.2CH3.W.Y/c1-19(2,3)18(23)21-16-14-10-5-4-8-12(14)13-9-6-7-11-15(13)20-17(16)22;;;;/h4-11,16H,1-3H3,(H2,20,21,22,23);2*1H3;;/q;2*-1;+2;/p-1/t16-;;;;/m0..../s1. The molecule has 1 heterocycles. The molecule has 0 fully saturated rings. The number of hydrogen-bond acceptors (Lipinski definition) is 2. The Bertz CT molecular complexity index is 788. The second-order valence-electron chi connectivity index (χ2n) is 6.71. The van der Waals surface area contributed by atoms with Gasteiger partial charge < -0.3 is 30.3 Å². The molecule has 0 aromatic heterocycles. The summed E-state index contributed by atoms with van der Waals surface area (Å²) in [5.41, 5.74) is 2.68. The first-order chi connectivity index (χ1) is 10.9. The van der Waals surface area contributed by atoms with Gasteiger partial charge in [0, 0.05) is 38.1 Å². The van der Waals surface area contributed by atoms with E-state index in [9.17, 15) is 9.59 Å². The second-order valence-corrected chi connectivity index (χ2v) is 6.71. The zero-order chi connectivity index (χ0) is 16.6. The van der Waals surface area contributed by atoms with E-state index < -0.39 is 11.5 Å². The zero-order valence-corrected chi connectivity index (χ0v) is 22.2. The van der Waals surface area contributed by atoms with Crippen LogP contribution in [0.4, 0.5) is 5.69 Å². The predicted octanol–water partition coefficient (Wildman–Crippen LogP) is 5.00. The quantitative estimate of drug-likeness (QED) is 0.463. The maximum absolute atomic E-state index is 12.6. The van der Waals surface area contributed by atoms with Gasteiger partial charge in [0.1, 0.15) is 0 Å². The van der Waals surface area contributed by atoms with Crippen molar-refractivity contribution in [2.45, 2.75) is 26.8 Å². The SMILES string of the molecule is CC(C)(C)C(=O)N[C@@H]1C(=O)[N-]c2ccccc2-c2ccccc21.[CH3-].[CH3-].[W+2].[Y]. The van der Waals surface area contributed by atoms with Crippen LogP contribution in [0.2, 0.25) is 0 Å². The van der Waals surface area contributed by atoms with Crippen LogP contribution < -0.4 is 5.32 Å². The minimum atomic E-state index is -0.759. The molecule has 4 nitrogen and oxygen atoms in total. The van der Waals surface area contributed by atoms with Gasteiger partial charge in [0.05, 0.1) is 11.9 Å². The molecular formula is C21H25N2O2WY-. The van der Waals surface area contributed by atoms with Crippen molar-refractivity contribution < 1.29 is 63.4 Å². The maximum Gasteiger partial charge on any atom is 2.00 e. The topological polar surface area (TPSA) is 60.3 Å². The van der Waals surface area contributed by atoms with Crippen molar-refractivity contribution in [3.63, 3.8) is 0 Å². The van der Waals surface area contributed by atoms with E-state index in [-0.39, 0.29) is 80.4 Å². The van der Waals surface area contributed by atoms with Gasteiger partial charge in [0.15, 0.2) is 0 Å². The summed E-state index contributed by atoms with van der Waals surface area (Å²) in [6, 6.07) is 14.4. The molecule has 2 aromatic carbocycles. The molecule has 0 saturated heterocycles. The maximum atomic E-state index is 12.6. The van der Waals surface area contributed by atoms with Gasteiger partial charge in [-0.05, 0) is 16.7 Å². The first kappa shape index (κ1) is 28.4. The third kappa shape index (κ3) is 6.07. The summed E-state index contributed by atoms with van der Waals surface area (Å²) in [6.07, 6.45) is 0. The molecule has 0 bridgehead atoms. The van der Waals surface area contributed by atoms with Gasteiger partial charge in [-0.1, -0.05) is 69.3 Å². The number of para-hydroxylation sites is 1. The van der Waals surface area contributed by atoms with Gasteiger partial charge in [-0.2, -0.15) is 0 Å². The van der Waals surface area contributed by atoms with Crippen LogP contribution in [0.3, 0.4) is 0 Å². The van der Waals surface area contributed by atoms with Crippen molar-refractivity contribution in [3.05, 3.63) is 74.3 Å². The number of benzene rings is 2. The number of amides is 2. The average Bonchev–Trinajstić information content (AvgIpc) is 2.62. The summed E-state index contributed by atoms with van der Waals surface area (Å²) in [5.74, 6) is -0.521. The Morgan fingerprint density at radius 1 is 0.963 bits per heavy atom. The van der Waals surface area contributed by atoms with Crippen LogP contribution in [0.25, 0.3) is 16.4 Å². The van der Waals surface area contributed by atoms with Crippen molar-refractivity contribution in [2.75, 3.05) is 0 Å². The number of hydrogen-bond donors (Lipinski definition) is 1. The van der Waals surface area contributed by atoms with Gasteiger partial charge in [0.2, 0.25) is 5.91 Å². The smallest absolute Gasteiger partial charge is 0.624 e. The summed E-state index contributed by atoms with van der Waals surface area (Å²) < 4.78 is 0. The summed E-state index contributed by atoms with van der Waals surface area (Å²) in [4.78, 5) is 25.0. The summed E-state index contributed by atoms with van der Waals surface area (Å²) >= 11 is 0. The fourth-order valence-corrected chi connectivity index (χ4v) is 2.60. The molecule has 2 amide bonds. The average molecular weight is 610 g/mol.